The van der Waals surface area contributed by atoms with Crippen LogP contribution in [0, 0.1) is 5.92 Å². The summed E-state index contributed by atoms with van der Waals surface area (Å²) in [7, 11) is 3.33. The predicted molar refractivity (Wildman–Crippen MR) is 91.8 cm³/mol. The summed E-state index contributed by atoms with van der Waals surface area (Å²) < 4.78 is 10.7. The molecule has 5 nitrogen and oxygen atoms in total. The molecular weight excluding hydrogens is 290 g/mol. The molecule has 2 atom stereocenters. The lowest BCUT2D eigenvalue weighted by molar-refractivity contribution is 0.395. The lowest BCUT2D eigenvalue weighted by Gasteiger charge is -2.20. The van der Waals surface area contributed by atoms with E-state index in [0.717, 1.165) is 30.3 Å². The summed E-state index contributed by atoms with van der Waals surface area (Å²) in [5, 5.41) is 3.50. The zero-order chi connectivity index (χ0) is 16.1. The largest absolute Gasteiger partial charge is 0.497 e. The maximum absolute atomic E-state index is 5.44. The summed E-state index contributed by atoms with van der Waals surface area (Å²) in [5.41, 5.74) is 8.90. The van der Waals surface area contributed by atoms with Gasteiger partial charge in [-0.05, 0) is 17.7 Å². The Morgan fingerprint density at radius 1 is 1.09 bits per heavy atom. The molecule has 122 valence electrons. The average molecular weight is 313 g/mol. The van der Waals surface area contributed by atoms with E-state index in [2.05, 4.69) is 40.4 Å². The second kappa shape index (κ2) is 7.35. The topological polar surface area (TPSA) is 54.5 Å². The summed E-state index contributed by atoms with van der Waals surface area (Å²) in [6.07, 6.45) is 0. The van der Waals surface area contributed by atoms with Crippen molar-refractivity contribution < 1.29 is 9.47 Å². The molecule has 0 radical (unpaired) electrons. The van der Waals surface area contributed by atoms with Crippen molar-refractivity contribution in [1.29, 1.82) is 0 Å². The zero-order valence-corrected chi connectivity index (χ0v) is 13.5. The highest BCUT2D eigenvalue weighted by Gasteiger charge is 2.27. The summed E-state index contributed by atoms with van der Waals surface area (Å²) >= 11 is 0. The first-order valence-electron chi connectivity index (χ1n) is 7.81. The third-order valence-electron chi connectivity index (χ3n) is 4.22. The molecule has 2 unspecified atom stereocenters. The molecule has 0 saturated carbocycles. The summed E-state index contributed by atoms with van der Waals surface area (Å²) in [5.74, 6) is 2.03. The van der Waals surface area contributed by atoms with Crippen LogP contribution in [0.15, 0.2) is 48.5 Å². The minimum atomic E-state index is 0.299. The quantitative estimate of drug-likeness (QED) is 0.765. The number of hydrogen-bond donors (Lipinski definition) is 3. The van der Waals surface area contributed by atoms with Crippen LogP contribution in [0.4, 0.5) is 5.69 Å². The summed E-state index contributed by atoms with van der Waals surface area (Å²) in [6.45, 7) is 1.77. The smallest absolute Gasteiger partial charge is 0.145 e. The van der Waals surface area contributed by atoms with E-state index in [4.69, 9.17) is 9.47 Å². The molecule has 0 bridgehead atoms. The molecule has 1 saturated heterocycles. The van der Waals surface area contributed by atoms with Gasteiger partial charge in [0.1, 0.15) is 11.5 Å². The van der Waals surface area contributed by atoms with E-state index in [1.165, 1.54) is 5.56 Å². The van der Waals surface area contributed by atoms with Crippen LogP contribution < -0.4 is 25.6 Å². The van der Waals surface area contributed by atoms with Crippen LogP contribution in [0.1, 0.15) is 11.6 Å². The van der Waals surface area contributed by atoms with Crippen LogP contribution in [-0.2, 0) is 0 Å². The van der Waals surface area contributed by atoms with E-state index in [9.17, 15) is 0 Å². The molecule has 3 rings (SSSR count). The first-order valence-corrected chi connectivity index (χ1v) is 7.81. The van der Waals surface area contributed by atoms with Gasteiger partial charge in [0.15, 0.2) is 0 Å². The molecule has 1 aliphatic heterocycles. The van der Waals surface area contributed by atoms with Crippen LogP contribution in [0.2, 0.25) is 0 Å². The van der Waals surface area contributed by atoms with E-state index < -0.39 is 0 Å². The van der Waals surface area contributed by atoms with Crippen LogP contribution in [0.3, 0.4) is 0 Å². The van der Waals surface area contributed by atoms with Gasteiger partial charge in [-0.25, -0.2) is 5.43 Å². The Morgan fingerprint density at radius 2 is 1.91 bits per heavy atom. The number of methoxy groups -OCH3 is 2. The normalized spacial score (nSPS) is 20.3. The highest BCUT2D eigenvalue weighted by Crippen LogP contribution is 2.30. The molecule has 2 aromatic carbocycles. The maximum atomic E-state index is 5.44. The molecule has 0 spiro atoms. The zero-order valence-electron chi connectivity index (χ0n) is 13.5. The number of nitrogens with one attached hydrogen (secondary N) is 3. The molecular formula is C18H23N3O2. The molecule has 1 heterocycles. The second-order valence-electron chi connectivity index (χ2n) is 5.62. The first kappa shape index (κ1) is 15.6. The lowest BCUT2D eigenvalue weighted by atomic mass is 9.95. The van der Waals surface area contributed by atoms with Gasteiger partial charge in [-0.1, -0.05) is 30.3 Å². The Kier molecular flexibility index (Phi) is 5.00. The molecule has 3 N–H and O–H groups in total. The fourth-order valence-corrected chi connectivity index (χ4v) is 2.93. The number of hydrogen-bond acceptors (Lipinski definition) is 5. The number of ether oxygens (including phenoxy) is 2. The molecule has 5 heteroatoms. The van der Waals surface area contributed by atoms with Crippen molar-refractivity contribution in [3.8, 4) is 11.5 Å². The van der Waals surface area contributed by atoms with Crippen molar-refractivity contribution in [2.45, 2.75) is 6.04 Å². The average Bonchev–Trinajstić information content (AvgIpc) is 3.09. The van der Waals surface area contributed by atoms with Crippen molar-refractivity contribution >= 4 is 5.69 Å². The molecule has 1 aliphatic rings. The molecule has 2 aromatic rings. The fraction of sp³-hybridized carbons (Fsp3) is 0.333. The third kappa shape index (κ3) is 3.57. The van der Waals surface area contributed by atoms with Crippen molar-refractivity contribution in [3.63, 3.8) is 0 Å². The highest BCUT2D eigenvalue weighted by molar-refractivity contribution is 5.59. The van der Waals surface area contributed by atoms with E-state index in [-0.39, 0.29) is 0 Å². The van der Waals surface area contributed by atoms with Crippen LogP contribution in [-0.4, -0.2) is 27.3 Å². The molecule has 0 aromatic heterocycles. The van der Waals surface area contributed by atoms with Gasteiger partial charge in [-0.2, -0.15) is 0 Å². The SMILES string of the molecule is COc1ccc(NCC2CNNC2c2ccccc2)c(OC)c1. The third-order valence-corrected chi connectivity index (χ3v) is 4.22. The van der Waals surface area contributed by atoms with Gasteiger partial charge in [-0.3, -0.25) is 5.43 Å². The molecule has 23 heavy (non-hydrogen) atoms. The monoisotopic (exact) mass is 313 g/mol. The summed E-state index contributed by atoms with van der Waals surface area (Å²) in [6, 6.07) is 16.6. The first-order chi connectivity index (χ1) is 11.3. The van der Waals surface area contributed by atoms with E-state index in [1.54, 1.807) is 14.2 Å². The van der Waals surface area contributed by atoms with Gasteiger partial charge >= 0.3 is 0 Å². The van der Waals surface area contributed by atoms with Crippen molar-refractivity contribution in [3.05, 3.63) is 54.1 Å². The van der Waals surface area contributed by atoms with Crippen molar-refractivity contribution in [2.75, 3.05) is 32.6 Å². The Balaban J connectivity index is 1.68. The standard InChI is InChI=1S/C18H23N3O2/c1-22-15-8-9-16(17(10-15)23-2)19-11-14-12-20-21-18(14)13-6-4-3-5-7-13/h3-10,14,18-21H,11-12H2,1-2H3. The van der Waals surface area contributed by atoms with E-state index in [0.29, 0.717) is 12.0 Å². The van der Waals surface area contributed by atoms with Crippen molar-refractivity contribution in [2.24, 2.45) is 5.92 Å². The number of rotatable bonds is 6. The molecule has 0 amide bonds. The number of benzene rings is 2. The minimum absolute atomic E-state index is 0.299. The van der Waals surface area contributed by atoms with Crippen LogP contribution in [0.5, 0.6) is 11.5 Å². The fourth-order valence-electron chi connectivity index (χ4n) is 2.93. The molecule has 0 aliphatic carbocycles. The second-order valence-corrected chi connectivity index (χ2v) is 5.62. The van der Waals surface area contributed by atoms with E-state index >= 15 is 0 Å². The minimum Gasteiger partial charge on any atom is -0.497 e. The van der Waals surface area contributed by atoms with Crippen LogP contribution in [0.25, 0.3) is 0 Å². The predicted octanol–water partition coefficient (Wildman–Crippen LogP) is 2.58. The highest BCUT2D eigenvalue weighted by atomic mass is 16.5. The number of anilines is 1. The Hall–Kier alpha value is -2.24. The number of hydrazine groups is 1. The maximum Gasteiger partial charge on any atom is 0.145 e. The van der Waals surface area contributed by atoms with E-state index in [1.807, 2.05) is 24.3 Å². The van der Waals surface area contributed by atoms with Gasteiger partial charge in [0.25, 0.3) is 0 Å². The van der Waals surface area contributed by atoms with Gasteiger partial charge in [0.2, 0.25) is 0 Å². The van der Waals surface area contributed by atoms with Crippen molar-refractivity contribution in [1.82, 2.24) is 10.9 Å². The Labute approximate surface area is 137 Å². The van der Waals surface area contributed by atoms with Crippen LogP contribution >= 0.6 is 0 Å². The Morgan fingerprint density at radius 3 is 2.65 bits per heavy atom. The summed E-state index contributed by atoms with van der Waals surface area (Å²) in [4.78, 5) is 0. The molecule has 1 fully saturated rings. The van der Waals surface area contributed by atoms with Gasteiger partial charge in [-0.15, -0.1) is 0 Å². The van der Waals surface area contributed by atoms with Gasteiger partial charge < -0.3 is 14.8 Å². The van der Waals surface area contributed by atoms with Gasteiger partial charge in [0, 0.05) is 25.1 Å². The lowest BCUT2D eigenvalue weighted by Crippen LogP contribution is -2.26. The Bertz CT molecular complexity index is 633. The van der Waals surface area contributed by atoms with Gasteiger partial charge in [0.05, 0.1) is 25.9 Å².